The van der Waals surface area contributed by atoms with Gasteiger partial charge in [-0.15, -0.1) is 17.0 Å². The van der Waals surface area contributed by atoms with Crippen molar-refractivity contribution in [3.63, 3.8) is 0 Å². The first-order valence-electron chi connectivity index (χ1n) is 9.31. The molecule has 1 fully saturated rings. The molecule has 2 aromatic rings. The topological polar surface area (TPSA) is 21.7 Å². The first-order chi connectivity index (χ1) is 12.6. The number of methoxy groups -OCH3 is 2. The van der Waals surface area contributed by atoms with Crippen molar-refractivity contribution in [2.24, 2.45) is 0 Å². The van der Waals surface area contributed by atoms with Crippen LogP contribution < -0.4 is 9.47 Å². The summed E-state index contributed by atoms with van der Waals surface area (Å²) in [6, 6.07) is 13.5. The zero-order valence-corrected chi connectivity index (χ0v) is 19.4. The molecule has 0 saturated heterocycles. The summed E-state index contributed by atoms with van der Waals surface area (Å²) in [5.74, 6) is 1.66. The molecule has 1 atom stereocenters. The Bertz CT molecular complexity index is 820. The van der Waals surface area contributed by atoms with E-state index in [0.29, 0.717) is 6.04 Å². The molecule has 1 saturated carbocycles. The third-order valence-corrected chi connectivity index (χ3v) is 6.99. The maximum Gasteiger partial charge on any atom is 0.161 e. The molecule has 146 valence electrons. The van der Waals surface area contributed by atoms with Crippen LogP contribution >= 0.6 is 32.9 Å². The Balaban J connectivity index is 0.00000210. The highest BCUT2D eigenvalue weighted by Gasteiger charge is 2.50. The summed E-state index contributed by atoms with van der Waals surface area (Å²) >= 11 is 3.82. The van der Waals surface area contributed by atoms with Gasteiger partial charge in [-0.3, -0.25) is 4.90 Å². The SMILES string of the molecule is Br.COc1cc2c(cc1OC)C(C1(c3ccccc3Br)CCC1)N(C)CC2. The molecule has 1 aliphatic heterocycles. The van der Waals surface area contributed by atoms with E-state index in [-0.39, 0.29) is 22.4 Å². The van der Waals surface area contributed by atoms with Crippen molar-refractivity contribution in [1.29, 1.82) is 0 Å². The van der Waals surface area contributed by atoms with E-state index in [9.17, 15) is 0 Å². The van der Waals surface area contributed by atoms with Crippen molar-refractivity contribution < 1.29 is 9.47 Å². The van der Waals surface area contributed by atoms with Crippen LogP contribution in [0.4, 0.5) is 0 Å². The fraction of sp³-hybridized carbons (Fsp3) is 0.455. The van der Waals surface area contributed by atoms with Gasteiger partial charge in [0.25, 0.3) is 0 Å². The Morgan fingerprint density at radius 1 is 1.07 bits per heavy atom. The Hall–Kier alpha value is -1.04. The van der Waals surface area contributed by atoms with Crippen LogP contribution in [-0.4, -0.2) is 32.7 Å². The summed E-state index contributed by atoms with van der Waals surface area (Å²) in [5.41, 5.74) is 4.38. The number of hydrogen-bond donors (Lipinski definition) is 0. The molecule has 3 nitrogen and oxygen atoms in total. The Morgan fingerprint density at radius 2 is 1.74 bits per heavy atom. The highest BCUT2D eigenvalue weighted by molar-refractivity contribution is 9.10. The van der Waals surface area contributed by atoms with Crippen molar-refractivity contribution in [3.05, 3.63) is 57.6 Å². The van der Waals surface area contributed by atoms with E-state index in [2.05, 4.69) is 64.3 Å². The maximum atomic E-state index is 5.63. The van der Waals surface area contributed by atoms with Crippen molar-refractivity contribution >= 4 is 32.9 Å². The number of ether oxygens (including phenoxy) is 2. The first kappa shape index (κ1) is 20.7. The highest BCUT2D eigenvalue weighted by Crippen LogP contribution is 2.57. The van der Waals surface area contributed by atoms with Gasteiger partial charge in [0, 0.05) is 22.5 Å². The van der Waals surface area contributed by atoms with Crippen LogP contribution in [0.3, 0.4) is 0 Å². The molecule has 0 radical (unpaired) electrons. The van der Waals surface area contributed by atoms with Crippen LogP contribution in [0, 0.1) is 0 Å². The van der Waals surface area contributed by atoms with Crippen LogP contribution in [0.25, 0.3) is 0 Å². The van der Waals surface area contributed by atoms with Gasteiger partial charge in [0.2, 0.25) is 0 Å². The van der Waals surface area contributed by atoms with E-state index in [1.165, 1.54) is 40.4 Å². The maximum absolute atomic E-state index is 5.63. The summed E-state index contributed by atoms with van der Waals surface area (Å²) in [5, 5.41) is 0. The standard InChI is InChI=1S/C22H26BrNO2.BrH/c1-24-12-9-15-13-19(25-2)20(26-3)14-16(15)21(24)22(10-6-11-22)17-7-4-5-8-18(17)23;/h4-5,7-8,13-14,21H,6,9-12H2,1-3H3;1H. The largest absolute Gasteiger partial charge is 0.493 e. The molecule has 27 heavy (non-hydrogen) atoms. The smallest absolute Gasteiger partial charge is 0.161 e. The van der Waals surface area contributed by atoms with Crippen LogP contribution in [0.15, 0.2) is 40.9 Å². The Labute approximate surface area is 180 Å². The molecule has 0 amide bonds. The number of halogens is 2. The average Bonchev–Trinajstić information content (AvgIpc) is 2.62. The normalized spacial score (nSPS) is 20.8. The molecule has 0 aromatic heterocycles. The van der Waals surface area contributed by atoms with Crippen molar-refractivity contribution in [2.45, 2.75) is 37.1 Å². The van der Waals surface area contributed by atoms with E-state index in [4.69, 9.17) is 9.47 Å². The van der Waals surface area contributed by atoms with Gasteiger partial charge in [0.05, 0.1) is 14.2 Å². The molecule has 0 bridgehead atoms. The zero-order valence-electron chi connectivity index (χ0n) is 16.1. The molecule has 0 spiro atoms. The lowest BCUT2D eigenvalue weighted by Crippen LogP contribution is -2.50. The second-order valence-corrected chi connectivity index (χ2v) is 8.38. The van der Waals surface area contributed by atoms with Crippen LogP contribution in [0.2, 0.25) is 0 Å². The number of benzene rings is 2. The Morgan fingerprint density at radius 3 is 2.33 bits per heavy atom. The lowest BCUT2D eigenvalue weighted by Gasteiger charge is -2.54. The molecular weight excluding hydrogens is 470 g/mol. The molecular formula is C22H27Br2NO2. The van der Waals surface area contributed by atoms with Crippen LogP contribution in [0.1, 0.15) is 42.0 Å². The molecule has 4 rings (SSSR count). The number of fused-ring (bicyclic) bond motifs is 1. The molecule has 1 aliphatic carbocycles. The minimum atomic E-state index is 0. The highest BCUT2D eigenvalue weighted by atomic mass is 79.9. The van der Waals surface area contributed by atoms with Crippen LogP contribution in [0.5, 0.6) is 11.5 Å². The molecule has 1 heterocycles. The van der Waals surface area contributed by atoms with E-state index < -0.39 is 0 Å². The lowest BCUT2D eigenvalue weighted by atomic mass is 9.57. The van der Waals surface area contributed by atoms with E-state index in [1.54, 1.807) is 14.2 Å². The minimum absolute atomic E-state index is 0. The summed E-state index contributed by atoms with van der Waals surface area (Å²) < 4.78 is 12.4. The average molecular weight is 497 g/mol. The third kappa shape index (κ3) is 3.32. The monoisotopic (exact) mass is 495 g/mol. The van der Waals surface area contributed by atoms with Crippen molar-refractivity contribution in [1.82, 2.24) is 4.90 Å². The summed E-state index contributed by atoms with van der Waals surface area (Å²) in [6.45, 7) is 1.07. The Kier molecular flexibility index (Phi) is 6.24. The van der Waals surface area contributed by atoms with Crippen molar-refractivity contribution in [3.8, 4) is 11.5 Å². The van der Waals surface area contributed by atoms with Gasteiger partial charge in [-0.25, -0.2) is 0 Å². The fourth-order valence-electron chi connectivity index (χ4n) is 4.90. The minimum Gasteiger partial charge on any atom is -0.493 e. The van der Waals surface area contributed by atoms with E-state index >= 15 is 0 Å². The van der Waals surface area contributed by atoms with Gasteiger partial charge in [0.15, 0.2) is 11.5 Å². The van der Waals surface area contributed by atoms with Gasteiger partial charge >= 0.3 is 0 Å². The predicted octanol–water partition coefficient (Wildman–Crippen LogP) is 5.70. The summed E-state index contributed by atoms with van der Waals surface area (Å²) in [7, 11) is 5.70. The van der Waals surface area contributed by atoms with Crippen molar-refractivity contribution in [2.75, 3.05) is 27.8 Å². The number of hydrogen-bond acceptors (Lipinski definition) is 3. The van der Waals surface area contributed by atoms with Gasteiger partial charge in [-0.1, -0.05) is 40.5 Å². The fourth-order valence-corrected chi connectivity index (χ4v) is 5.58. The van der Waals surface area contributed by atoms with Gasteiger partial charge < -0.3 is 9.47 Å². The quantitative estimate of drug-likeness (QED) is 0.542. The second kappa shape index (κ2) is 8.14. The number of likely N-dealkylation sites (N-methyl/N-ethyl adjacent to an activating group) is 1. The first-order valence-corrected chi connectivity index (χ1v) is 10.1. The number of nitrogens with zero attached hydrogens (tertiary/aromatic N) is 1. The lowest BCUT2D eigenvalue weighted by molar-refractivity contribution is 0.0709. The molecule has 2 aliphatic rings. The summed E-state index contributed by atoms with van der Waals surface area (Å²) in [6.07, 6.45) is 4.78. The van der Waals surface area contributed by atoms with E-state index in [1.807, 2.05) is 0 Å². The molecule has 5 heteroatoms. The predicted molar refractivity (Wildman–Crippen MR) is 119 cm³/mol. The summed E-state index contributed by atoms with van der Waals surface area (Å²) in [4.78, 5) is 2.53. The zero-order chi connectivity index (χ0) is 18.3. The van der Waals surface area contributed by atoms with Gasteiger partial charge in [0.1, 0.15) is 0 Å². The molecule has 1 unspecified atom stereocenters. The molecule has 0 N–H and O–H groups in total. The second-order valence-electron chi connectivity index (χ2n) is 7.53. The molecule has 2 aromatic carbocycles. The number of rotatable bonds is 4. The van der Waals surface area contributed by atoms with Gasteiger partial charge in [-0.2, -0.15) is 0 Å². The van der Waals surface area contributed by atoms with E-state index in [0.717, 1.165) is 24.5 Å². The van der Waals surface area contributed by atoms with Gasteiger partial charge in [-0.05, 0) is 61.2 Å². The third-order valence-electron chi connectivity index (χ3n) is 6.29. The van der Waals surface area contributed by atoms with Crippen LogP contribution in [-0.2, 0) is 11.8 Å².